The van der Waals surface area contributed by atoms with Crippen LogP contribution >= 0.6 is 0 Å². The highest BCUT2D eigenvalue weighted by molar-refractivity contribution is 6.27. The number of hydrogen-bond donors (Lipinski definition) is 1. The van der Waals surface area contributed by atoms with Crippen LogP contribution in [0.4, 0.5) is 4.79 Å². The van der Waals surface area contributed by atoms with E-state index in [0.717, 1.165) is 5.01 Å². The number of carbonyl (C=O) groups is 2. The fourth-order valence-electron chi connectivity index (χ4n) is 2.72. The lowest BCUT2D eigenvalue weighted by atomic mass is 9.89. The van der Waals surface area contributed by atoms with Crippen LogP contribution in [0.2, 0.25) is 0 Å². The van der Waals surface area contributed by atoms with Crippen molar-refractivity contribution in [2.24, 2.45) is 5.10 Å². The molecular weight excluding hydrogens is 348 g/mol. The van der Waals surface area contributed by atoms with Gasteiger partial charge in [-0.2, -0.15) is 5.10 Å². The highest BCUT2D eigenvalue weighted by Crippen LogP contribution is 2.30. The zero-order valence-electron chi connectivity index (χ0n) is 16.4. The van der Waals surface area contributed by atoms with Crippen molar-refractivity contribution in [2.45, 2.75) is 45.6 Å². The summed E-state index contributed by atoms with van der Waals surface area (Å²) in [7, 11) is 2.95. The third-order valence-corrected chi connectivity index (χ3v) is 3.91. The Morgan fingerprint density at radius 3 is 2.52 bits per heavy atom. The molecule has 1 aromatic rings. The van der Waals surface area contributed by atoms with Crippen molar-refractivity contribution in [3.63, 3.8) is 0 Å². The molecule has 0 heterocycles. The number of hydrazone groups is 1. The molecule has 1 amide bonds. The molecule has 27 heavy (non-hydrogen) atoms. The maximum atomic E-state index is 12.5. The van der Waals surface area contributed by atoms with Crippen molar-refractivity contribution in [3.8, 4) is 5.75 Å². The van der Waals surface area contributed by atoms with E-state index in [0.29, 0.717) is 36.3 Å². The second kappa shape index (κ2) is 8.24. The number of hydrogen-bond acceptors (Lipinski definition) is 6. The summed E-state index contributed by atoms with van der Waals surface area (Å²) in [5.74, 6) is 0.0233. The maximum absolute atomic E-state index is 12.5. The fourth-order valence-corrected chi connectivity index (χ4v) is 2.72. The topological polar surface area (TPSA) is 88.4 Å². The van der Waals surface area contributed by atoms with Crippen molar-refractivity contribution >= 4 is 23.3 Å². The first-order valence-electron chi connectivity index (χ1n) is 8.78. The Hall–Kier alpha value is -2.83. The van der Waals surface area contributed by atoms with Gasteiger partial charge in [0.25, 0.3) is 0 Å². The molecule has 0 radical (unpaired) electrons. The summed E-state index contributed by atoms with van der Waals surface area (Å²) in [6.45, 7) is 5.28. The Morgan fingerprint density at radius 1 is 1.22 bits per heavy atom. The second-order valence-electron chi connectivity index (χ2n) is 7.25. The van der Waals surface area contributed by atoms with E-state index in [4.69, 9.17) is 9.47 Å². The number of ketones is 1. The molecule has 7 heteroatoms. The molecule has 1 N–H and O–H groups in total. The second-order valence-corrected chi connectivity index (χ2v) is 7.25. The minimum Gasteiger partial charge on any atom is -0.506 e. The van der Waals surface area contributed by atoms with Crippen LogP contribution in [0.5, 0.6) is 5.75 Å². The van der Waals surface area contributed by atoms with Crippen LogP contribution in [0.3, 0.4) is 0 Å². The molecule has 2 rings (SSSR count). The molecule has 0 unspecified atom stereocenters. The number of nitrogens with zero attached hydrogens (tertiary/aromatic N) is 2. The van der Waals surface area contributed by atoms with E-state index in [-0.39, 0.29) is 17.1 Å². The molecule has 1 aliphatic rings. The van der Waals surface area contributed by atoms with Gasteiger partial charge in [0.2, 0.25) is 0 Å². The molecular formula is C20H26N2O5. The first kappa shape index (κ1) is 20.5. The van der Waals surface area contributed by atoms with E-state index >= 15 is 0 Å². The number of para-hydroxylation sites is 1. The first-order chi connectivity index (χ1) is 12.6. The van der Waals surface area contributed by atoms with Gasteiger partial charge in [0.1, 0.15) is 17.1 Å². The smallest absolute Gasteiger partial charge is 0.430 e. The third kappa shape index (κ3) is 5.09. The number of ether oxygens (including phenoxy) is 2. The zero-order valence-corrected chi connectivity index (χ0v) is 16.4. The Morgan fingerprint density at radius 2 is 1.89 bits per heavy atom. The van der Waals surface area contributed by atoms with Gasteiger partial charge in [0.15, 0.2) is 5.78 Å². The van der Waals surface area contributed by atoms with Gasteiger partial charge in [0.05, 0.1) is 24.0 Å². The average molecular weight is 374 g/mol. The molecule has 146 valence electrons. The number of Topliss-reactive ketones (excluding diaryl/α,β-unsaturated/α-hetero) is 1. The Bertz CT molecular complexity index is 790. The van der Waals surface area contributed by atoms with E-state index in [9.17, 15) is 14.7 Å². The Kier molecular flexibility index (Phi) is 6.25. The Labute approximate surface area is 159 Å². The third-order valence-electron chi connectivity index (χ3n) is 3.91. The summed E-state index contributed by atoms with van der Waals surface area (Å²) < 4.78 is 10.6. The zero-order chi connectivity index (χ0) is 20.2. The summed E-state index contributed by atoms with van der Waals surface area (Å²) in [5.41, 5.74) is 0.202. The average Bonchev–Trinajstić information content (AvgIpc) is 2.59. The Balaban J connectivity index is 2.45. The molecule has 1 saturated carbocycles. The number of aliphatic hydroxyl groups excluding tert-OH is 1. The van der Waals surface area contributed by atoms with Crippen LogP contribution in [0.15, 0.2) is 34.9 Å². The highest BCUT2D eigenvalue weighted by atomic mass is 16.6. The van der Waals surface area contributed by atoms with Gasteiger partial charge in [-0.1, -0.05) is 12.1 Å². The molecule has 1 aliphatic carbocycles. The number of carbonyl (C=O) groups excluding carboxylic acids is 2. The quantitative estimate of drug-likeness (QED) is 0.492. The number of amides is 1. The van der Waals surface area contributed by atoms with Gasteiger partial charge in [-0.15, -0.1) is 0 Å². The summed E-state index contributed by atoms with van der Waals surface area (Å²) in [5, 5.41) is 16.1. The molecule has 7 nitrogen and oxygen atoms in total. The predicted molar refractivity (Wildman–Crippen MR) is 103 cm³/mol. The van der Waals surface area contributed by atoms with Crippen LogP contribution in [-0.4, -0.2) is 47.5 Å². The molecule has 0 aromatic heterocycles. The lowest BCUT2D eigenvalue weighted by Crippen LogP contribution is -2.33. The largest absolute Gasteiger partial charge is 0.506 e. The number of benzene rings is 1. The summed E-state index contributed by atoms with van der Waals surface area (Å²) in [4.78, 5) is 24.7. The summed E-state index contributed by atoms with van der Waals surface area (Å²) in [6.07, 6.45) is 0.740. The van der Waals surface area contributed by atoms with Gasteiger partial charge in [-0.05, 0) is 45.7 Å². The number of rotatable bonds is 3. The van der Waals surface area contributed by atoms with Gasteiger partial charge >= 0.3 is 6.09 Å². The van der Waals surface area contributed by atoms with Crippen LogP contribution in [0.25, 0.3) is 5.76 Å². The molecule has 1 fully saturated rings. The van der Waals surface area contributed by atoms with Crippen LogP contribution in [0.1, 0.15) is 45.6 Å². The SMILES string of the molecule is COc1ccccc1C(O)=C1C(=O)CCCC1=NN(C)C(=O)OC(C)(C)C. The minimum atomic E-state index is -0.661. The van der Waals surface area contributed by atoms with E-state index in [2.05, 4.69) is 5.10 Å². The molecule has 0 spiro atoms. The van der Waals surface area contributed by atoms with E-state index in [1.54, 1.807) is 45.0 Å². The van der Waals surface area contributed by atoms with Gasteiger partial charge in [0, 0.05) is 13.5 Å². The molecule has 0 atom stereocenters. The van der Waals surface area contributed by atoms with Crippen molar-refractivity contribution in [2.75, 3.05) is 14.2 Å². The van der Waals surface area contributed by atoms with E-state index in [1.807, 2.05) is 0 Å². The van der Waals surface area contributed by atoms with Crippen molar-refractivity contribution in [3.05, 3.63) is 35.4 Å². The molecule has 0 saturated heterocycles. The van der Waals surface area contributed by atoms with Crippen molar-refractivity contribution in [1.82, 2.24) is 5.01 Å². The lowest BCUT2D eigenvalue weighted by Gasteiger charge is -2.24. The predicted octanol–water partition coefficient (Wildman–Crippen LogP) is 3.94. The van der Waals surface area contributed by atoms with E-state index < -0.39 is 11.7 Å². The van der Waals surface area contributed by atoms with Gasteiger partial charge in [-0.3, -0.25) is 4.79 Å². The normalized spacial score (nSPS) is 18.3. The fraction of sp³-hybridized carbons (Fsp3) is 0.450. The first-order valence-corrected chi connectivity index (χ1v) is 8.78. The minimum absolute atomic E-state index is 0.112. The van der Waals surface area contributed by atoms with Crippen molar-refractivity contribution in [1.29, 1.82) is 0 Å². The summed E-state index contributed by atoms with van der Waals surface area (Å²) in [6, 6.07) is 6.88. The number of allylic oxidation sites excluding steroid dienone is 1. The molecule has 1 aromatic carbocycles. The monoisotopic (exact) mass is 374 g/mol. The number of aliphatic hydroxyl groups is 1. The van der Waals surface area contributed by atoms with Crippen LogP contribution < -0.4 is 4.74 Å². The van der Waals surface area contributed by atoms with E-state index in [1.165, 1.54) is 14.2 Å². The lowest BCUT2D eigenvalue weighted by molar-refractivity contribution is -0.115. The van der Waals surface area contributed by atoms with Gasteiger partial charge < -0.3 is 14.6 Å². The summed E-state index contributed by atoms with van der Waals surface area (Å²) >= 11 is 0. The molecule has 0 bridgehead atoms. The molecule has 0 aliphatic heterocycles. The van der Waals surface area contributed by atoms with Crippen molar-refractivity contribution < 1.29 is 24.2 Å². The highest BCUT2D eigenvalue weighted by Gasteiger charge is 2.29. The van der Waals surface area contributed by atoms with Crippen LogP contribution in [-0.2, 0) is 9.53 Å². The maximum Gasteiger partial charge on any atom is 0.430 e. The van der Waals surface area contributed by atoms with Crippen LogP contribution in [0, 0.1) is 0 Å². The van der Waals surface area contributed by atoms with Gasteiger partial charge in [-0.25, -0.2) is 9.80 Å². The number of methoxy groups -OCH3 is 1. The standard InChI is InChI=1S/C20H26N2O5/c1-20(2,3)27-19(25)22(4)21-14-10-8-11-15(23)17(14)18(24)13-9-6-7-12-16(13)26-5/h6-7,9,12,24H,8,10-11H2,1-5H3.